The highest BCUT2D eigenvalue weighted by Gasteiger charge is 2.81. The molecule has 9 heteroatoms. The maximum Gasteiger partial charge on any atom is 0.312 e. The van der Waals surface area contributed by atoms with Crippen molar-refractivity contribution in [2.24, 2.45) is 10.8 Å². The normalized spacial score (nSPS) is 29.8. The van der Waals surface area contributed by atoms with Crippen LogP contribution in [0.25, 0.3) is 0 Å². The Labute approximate surface area is 117 Å². The van der Waals surface area contributed by atoms with E-state index >= 15 is 0 Å². The largest absolute Gasteiger partial charge is 0.481 e. The van der Waals surface area contributed by atoms with Gasteiger partial charge in [-0.2, -0.15) is 0 Å². The number of nitrogens with one attached hydrogen (secondary N) is 1. The summed E-state index contributed by atoms with van der Waals surface area (Å²) < 4.78 is 0. The van der Waals surface area contributed by atoms with Gasteiger partial charge in [-0.05, 0) is 6.42 Å². The van der Waals surface area contributed by atoms with Crippen LogP contribution in [-0.4, -0.2) is 56.0 Å². The zero-order valence-corrected chi connectivity index (χ0v) is 10.7. The van der Waals surface area contributed by atoms with E-state index in [0.717, 1.165) is 17.3 Å². The SMILES string of the molecule is O=C(c1cncc(=O)[nH]1)N1C[C@@]2(C(=O)O)C[C@@]2(C(=O)O)C1. The Morgan fingerprint density at radius 3 is 2.19 bits per heavy atom. The molecule has 2 heterocycles. The molecule has 1 aromatic rings. The van der Waals surface area contributed by atoms with Gasteiger partial charge in [0.05, 0.1) is 12.4 Å². The molecule has 0 aromatic carbocycles. The third-order valence-electron chi connectivity index (χ3n) is 4.31. The van der Waals surface area contributed by atoms with Crippen molar-refractivity contribution in [1.29, 1.82) is 0 Å². The standard InChI is InChI=1S/C12H11N3O6/c16-7-2-13-1-6(14-7)8(17)15-4-11(9(18)19)3-12(11,5-15)10(20)21/h1-2H,3-5H2,(H,14,16)(H,18,19)(H,20,21)/t11-,12+. The number of amides is 1. The highest BCUT2D eigenvalue weighted by molar-refractivity contribution is 5.99. The van der Waals surface area contributed by atoms with Crippen molar-refractivity contribution in [2.75, 3.05) is 13.1 Å². The number of fused-ring (bicyclic) bond motifs is 1. The predicted octanol–water partition coefficient (Wildman–Crippen LogP) is -1.23. The molecule has 0 spiro atoms. The second-order valence-corrected chi connectivity index (χ2v) is 5.42. The highest BCUT2D eigenvalue weighted by atomic mass is 16.4. The molecule has 0 unspecified atom stereocenters. The van der Waals surface area contributed by atoms with Crippen LogP contribution in [0.2, 0.25) is 0 Å². The Hall–Kier alpha value is -2.71. The summed E-state index contributed by atoms with van der Waals surface area (Å²) in [6.07, 6.45) is 2.16. The third-order valence-corrected chi connectivity index (χ3v) is 4.31. The van der Waals surface area contributed by atoms with Crippen LogP contribution in [0.15, 0.2) is 17.2 Å². The first-order valence-electron chi connectivity index (χ1n) is 6.13. The minimum atomic E-state index is -1.43. The van der Waals surface area contributed by atoms with Gasteiger partial charge in [-0.1, -0.05) is 0 Å². The van der Waals surface area contributed by atoms with E-state index in [1.165, 1.54) is 0 Å². The maximum atomic E-state index is 12.2. The van der Waals surface area contributed by atoms with Crippen LogP contribution in [0.1, 0.15) is 16.9 Å². The van der Waals surface area contributed by atoms with E-state index in [2.05, 4.69) is 9.97 Å². The van der Waals surface area contributed by atoms with E-state index < -0.39 is 34.2 Å². The number of carbonyl (C=O) groups is 3. The van der Waals surface area contributed by atoms with Crippen molar-refractivity contribution in [1.82, 2.24) is 14.9 Å². The Bertz CT molecular complexity index is 700. The summed E-state index contributed by atoms with van der Waals surface area (Å²) in [4.78, 5) is 53.1. The van der Waals surface area contributed by atoms with Gasteiger partial charge in [0.15, 0.2) is 0 Å². The molecule has 21 heavy (non-hydrogen) atoms. The van der Waals surface area contributed by atoms with Crippen LogP contribution < -0.4 is 5.56 Å². The topological polar surface area (TPSA) is 141 Å². The average molecular weight is 293 g/mol. The molecule has 2 atom stereocenters. The summed E-state index contributed by atoms with van der Waals surface area (Å²) in [6.45, 7) is -0.380. The van der Waals surface area contributed by atoms with E-state index in [4.69, 9.17) is 0 Å². The molecule has 1 amide bonds. The fourth-order valence-corrected chi connectivity index (χ4v) is 3.09. The fourth-order valence-electron chi connectivity index (χ4n) is 3.09. The summed E-state index contributed by atoms with van der Waals surface area (Å²) in [5.74, 6) is -3.08. The number of aromatic amines is 1. The molecule has 1 aliphatic heterocycles. The zero-order chi connectivity index (χ0) is 15.4. The van der Waals surface area contributed by atoms with Gasteiger partial charge >= 0.3 is 11.9 Å². The number of H-pyrrole nitrogens is 1. The number of carboxylic acid groups (broad SMARTS) is 2. The number of piperidine rings is 1. The van der Waals surface area contributed by atoms with Crippen molar-refractivity contribution in [3.05, 3.63) is 28.4 Å². The van der Waals surface area contributed by atoms with Crippen molar-refractivity contribution in [3.8, 4) is 0 Å². The van der Waals surface area contributed by atoms with Crippen LogP contribution >= 0.6 is 0 Å². The van der Waals surface area contributed by atoms with Gasteiger partial charge in [0, 0.05) is 13.1 Å². The van der Waals surface area contributed by atoms with E-state index in [0.29, 0.717) is 0 Å². The van der Waals surface area contributed by atoms with E-state index in [9.17, 15) is 29.4 Å². The molecular weight excluding hydrogens is 282 g/mol. The zero-order valence-electron chi connectivity index (χ0n) is 10.7. The van der Waals surface area contributed by atoms with Gasteiger partial charge in [0.2, 0.25) is 0 Å². The lowest BCUT2D eigenvalue weighted by Crippen LogP contribution is -2.35. The Balaban J connectivity index is 1.91. The predicted molar refractivity (Wildman–Crippen MR) is 65.5 cm³/mol. The lowest BCUT2D eigenvalue weighted by atomic mass is 9.97. The Morgan fingerprint density at radius 2 is 1.71 bits per heavy atom. The molecule has 0 radical (unpaired) electrons. The number of aliphatic carboxylic acids is 2. The van der Waals surface area contributed by atoms with Gasteiger partial charge < -0.3 is 20.1 Å². The van der Waals surface area contributed by atoms with Crippen molar-refractivity contribution in [2.45, 2.75) is 6.42 Å². The Morgan fingerprint density at radius 1 is 1.14 bits per heavy atom. The van der Waals surface area contributed by atoms with Gasteiger partial charge in [-0.3, -0.25) is 24.2 Å². The minimum absolute atomic E-state index is 0.0119. The average Bonchev–Trinajstić information content (AvgIpc) is 2.97. The Kier molecular flexibility index (Phi) is 2.47. The molecule has 0 bridgehead atoms. The van der Waals surface area contributed by atoms with Crippen molar-refractivity contribution < 1.29 is 24.6 Å². The van der Waals surface area contributed by atoms with Crippen LogP contribution in [0.4, 0.5) is 0 Å². The third kappa shape index (κ3) is 1.60. The first-order chi connectivity index (χ1) is 9.82. The second kappa shape index (κ2) is 3.90. The monoisotopic (exact) mass is 293 g/mol. The lowest BCUT2D eigenvalue weighted by Gasteiger charge is -2.19. The fraction of sp³-hybridized carbons (Fsp3) is 0.417. The summed E-state index contributed by atoms with van der Waals surface area (Å²) in [6, 6.07) is 0. The molecule has 1 aromatic heterocycles. The number of likely N-dealkylation sites (tertiary alicyclic amines) is 1. The number of carboxylic acids is 2. The molecule has 110 valence electrons. The van der Waals surface area contributed by atoms with Crippen LogP contribution in [0, 0.1) is 10.8 Å². The number of hydrogen-bond acceptors (Lipinski definition) is 5. The number of nitrogens with zero attached hydrogens (tertiary/aromatic N) is 2. The van der Waals surface area contributed by atoms with Crippen LogP contribution in [0.3, 0.4) is 0 Å². The van der Waals surface area contributed by atoms with Gasteiger partial charge in [0.1, 0.15) is 16.5 Å². The molecule has 1 saturated carbocycles. The van der Waals surface area contributed by atoms with Gasteiger partial charge in [-0.15, -0.1) is 0 Å². The molecule has 2 aliphatic rings. The summed E-state index contributed by atoms with van der Waals surface area (Å²) >= 11 is 0. The quantitative estimate of drug-likeness (QED) is 0.633. The first-order valence-corrected chi connectivity index (χ1v) is 6.13. The maximum absolute atomic E-state index is 12.2. The van der Waals surface area contributed by atoms with E-state index in [1.54, 1.807) is 0 Å². The van der Waals surface area contributed by atoms with Gasteiger partial charge in [-0.25, -0.2) is 0 Å². The number of rotatable bonds is 3. The molecule has 3 rings (SSSR count). The summed E-state index contributed by atoms with van der Waals surface area (Å²) in [7, 11) is 0. The van der Waals surface area contributed by atoms with Crippen LogP contribution in [0.5, 0.6) is 0 Å². The molecule has 1 aliphatic carbocycles. The number of hydrogen-bond donors (Lipinski definition) is 3. The summed E-state index contributed by atoms with van der Waals surface area (Å²) in [5, 5.41) is 18.5. The smallest absolute Gasteiger partial charge is 0.312 e. The lowest BCUT2D eigenvalue weighted by molar-refractivity contribution is -0.151. The number of aromatic nitrogens is 2. The van der Waals surface area contributed by atoms with E-state index in [-0.39, 0.29) is 25.2 Å². The molecular formula is C12H11N3O6. The van der Waals surface area contributed by atoms with Crippen molar-refractivity contribution in [3.63, 3.8) is 0 Å². The minimum Gasteiger partial charge on any atom is -0.481 e. The first kappa shape index (κ1) is 13.3. The van der Waals surface area contributed by atoms with Gasteiger partial charge in [0.25, 0.3) is 11.5 Å². The van der Waals surface area contributed by atoms with Crippen LogP contribution in [-0.2, 0) is 9.59 Å². The highest BCUT2D eigenvalue weighted by Crippen LogP contribution is 2.68. The summed E-state index contributed by atoms with van der Waals surface area (Å²) in [5.41, 5.74) is -3.52. The molecule has 3 N–H and O–H groups in total. The van der Waals surface area contributed by atoms with Crippen molar-refractivity contribution >= 4 is 17.8 Å². The van der Waals surface area contributed by atoms with E-state index in [1.807, 2.05) is 0 Å². The molecule has 2 fully saturated rings. The second-order valence-electron chi connectivity index (χ2n) is 5.42. The number of carbonyl (C=O) groups excluding carboxylic acids is 1. The molecule has 9 nitrogen and oxygen atoms in total. The molecule has 1 saturated heterocycles.